The highest BCUT2D eigenvalue weighted by Crippen LogP contribution is 2.25. The maximum absolute atomic E-state index is 12.4. The molecule has 0 saturated heterocycles. The lowest BCUT2D eigenvalue weighted by Crippen LogP contribution is -2.00. The number of aromatic nitrogens is 1. The van der Waals surface area contributed by atoms with Gasteiger partial charge in [-0.05, 0) is 54.5 Å². The highest BCUT2D eigenvalue weighted by Gasteiger charge is 2.12. The van der Waals surface area contributed by atoms with Crippen molar-refractivity contribution in [3.05, 3.63) is 59.9 Å². The normalized spacial score (nSPS) is 11.1. The molecule has 0 atom stereocenters. The van der Waals surface area contributed by atoms with Crippen LogP contribution in [0, 0.1) is 0 Å². The van der Waals surface area contributed by atoms with Gasteiger partial charge in [-0.1, -0.05) is 0 Å². The lowest BCUT2D eigenvalue weighted by molar-refractivity contribution is 0.104. The van der Waals surface area contributed by atoms with Gasteiger partial charge in [0.15, 0.2) is 5.78 Å². The molecule has 0 N–H and O–H groups in total. The van der Waals surface area contributed by atoms with Gasteiger partial charge in [-0.2, -0.15) is 0 Å². The minimum absolute atomic E-state index is 0.125. The first-order valence-electron chi connectivity index (χ1n) is 6.50. The minimum atomic E-state index is -0.125. The Hall–Kier alpha value is -2.62. The molecule has 4 heteroatoms. The van der Waals surface area contributed by atoms with Crippen molar-refractivity contribution in [2.24, 2.45) is 0 Å². The van der Waals surface area contributed by atoms with Crippen LogP contribution < -0.4 is 9.47 Å². The van der Waals surface area contributed by atoms with E-state index < -0.39 is 0 Å². The highest BCUT2D eigenvalue weighted by molar-refractivity contribution is 6.10. The van der Waals surface area contributed by atoms with Gasteiger partial charge in [0, 0.05) is 12.4 Å². The number of hydrogen-bond acceptors (Lipinski definition) is 4. The summed E-state index contributed by atoms with van der Waals surface area (Å²) in [6.07, 6.45) is 4.99. The Morgan fingerprint density at radius 2 is 1.81 bits per heavy atom. The first kappa shape index (κ1) is 14.8. The molecular weight excluding hydrogens is 266 g/mol. The van der Waals surface area contributed by atoms with E-state index in [4.69, 9.17) is 9.47 Å². The van der Waals surface area contributed by atoms with E-state index in [-0.39, 0.29) is 5.78 Å². The standard InChI is InChI=1S/C17H17NO3/c1-12(13-6-8-18-9-7-13)10-16(19)15-11-14(20-2)4-5-17(15)21-3/h4-11H,1-3H3. The topological polar surface area (TPSA) is 48.4 Å². The number of carbonyl (C=O) groups excluding carboxylic acids is 1. The van der Waals surface area contributed by atoms with Gasteiger partial charge in [0.05, 0.1) is 19.8 Å². The van der Waals surface area contributed by atoms with Gasteiger partial charge < -0.3 is 9.47 Å². The van der Waals surface area contributed by atoms with Gasteiger partial charge >= 0.3 is 0 Å². The number of benzene rings is 1. The van der Waals surface area contributed by atoms with E-state index in [1.807, 2.05) is 19.1 Å². The van der Waals surface area contributed by atoms with Crippen LogP contribution in [0.15, 0.2) is 48.8 Å². The number of carbonyl (C=O) groups is 1. The first-order chi connectivity index (χ1) is 10.2. The number of pyridine rings is 1. The zero-order valence-electron chi connectivity index (χ0n) is 12.3. The summed E-state index contributed by atoms with van der Waals surface area (Å²) in [6.45, 7) is 1.89. The van der Waals surface area contributed by atoms with Crippen LogP contribution in [-0.4, -0.2) is 25.0 Å². The van der Waals surface area contributed by atoms with E-state index in [1.165, 1.54) is 7.11 Å². The molecule has 0 saturated carbocycles. The third-order valence-corrected chi connectivity index (χ3v) is 3.16. The summed E-state index contributed by atoms with van der Waals surface area (Å²) in [5, 5.41) is 0. The summed E-state index contributed by atoms with van der Waals surface area (Å²) in [7, 11) is 3.10. The molecule has 21 heavy (non-hydrogen) atoms. The molecular formula is C17H17NO3. The van der Waals surface area contributed by atoms with Crippen LogP contribution in [0.5, 0.6) is 11.5 Å². The van der Waals surface area contributed by atoms with Gasteiger partial charge in [-0.3, -0.25) is 9.78 Å². The summed E-state index contributed by atoms with van der Waals surface area (Å²) >= 11 is 0. The number of rotatable bonds is 5. The summed E-state index contributed by atoms with van der Waals surface area (Å²) in [5.41, 5.74) is 2.30. The van der Waals surface area contributed by atoms with E-state index in [0.29, 0.717) is 17.1 Å². The molecule has 1 heterocycles. The van der Waals surface area contributed by atoms with Crippen LogP contribution in [0.3, 0.4) is 0 Å². The van der Waals surface area contributed by atoms with Crippen LogP contribution in [0.2, 0.25) is 0 Å². The van der Waals surface area contributed by atoms with Crippen molar-refractivity contribution in [1.82, 2.24) is 4.98 Å². The summed E-state index contributed by atoms with van der Waals surface area (Å²) in [4.78, 5) is 16.4. The van der Waals surface area contributed by atoms with Crippen molar-refractivity contribution in [3.63, 3.8) is 0 Å². The molecule has 0 aliphatic carbocycles. The van der Waals surface area contributed by atoms with Gasteiger partial charge in [-0.25, -0.2) is 0 Å². The fraction of sp³-hybridized carbons (Fsp3) is 0.176. The van der Waals surface area contributed by atoms with Gasteiger partial charge in [0.25, 0.3) is 0 Å². The van der Waals surface area contributed by atoms with Crippen molar-refractivity contribution in [3.8, 4) is 11.5 Å². The summed E-state index contributed by atoms with van der Waals surface area (Å²) < 4.78 is 10.4. The van der Waals surface area contributed by atoms with E-state index >= 15 is 0 Å². The molecule has 1 aromatic carbocycles. The molecule has 4 nitrogen and oxygen atoms in total. The zero-order chi connectivity index (χ0) is 15.2. The van der Waals surface area contributed by atoms with Gasteiger partial charge in [0.2, 0.25) is 0 Å². The largest absolute Gasteiger partial charge is 0.497 e. The lowest BCUT2D eigenvalue weighted by Gasteiger charge is -2.08. The number of allylic oxidation sites excluding steroid dienone is 2. The van der Waals surface area contributed by atoms with E-state index in [9.17, 15) is 4.79 Å². The van der Waals surface area contributed by atoms with Crippen LogP contribution in [0.25, 0.3) is 5.57 Å². The quantitative estimate of drug-likeness (QED) is 0.623. The maximum atomic E-state index is 12.4. The Balaban J connectivity index is 2.36. The van der Waals surface area contributed by atoms with Crippen LogP contribution in [0.4, 0.5) is 0 Å². The number of nitrogens with zero attached hydrogens (tertiary/aromatic N) is 1. The molecule has 0 spiro atoms. The van der Waals surface area contributed by atoms with E-state index in [0.717, 1.165) is 11.1 Å². The molecule has 108 valence electrons. The van der Waals surface area contributed by atoms with Gasteiger partial charge in [-0.15, -0.1) is 0 Å². The molecule has 2 aromatic rings. The molecule has 2 rings (SSSR count). The number of ketones is 1. The molecule has 0 fully saturated rings. The Kier molecular flexibility index (Phi) is 4.72. The molecule has 0 radical (unpaired) electrons. The molecule has 0 bridgehead atoms. The summed E-state index contributed by atoms with van der Waals surface area (Å²) in [5.74, 6) is 1.02. The predicted molar refractivity (Wildman–Crippen MR) is 81.8 cm³/mol. The van der Waals surface area contributed by atoms with Gasteiger partial charge in [0.1, 0.15) is 11.5 Å². The SMILES string of the molecule is COc1ccc(OC)c(C(=O)C=C(C)c2ccncc2)c1. The number of methoxy groups -OCH3 is 2. The summed E-state index contributed by atoms with van der Waals surface area (Å²) in [6, 6.07) is 8.89. The smallest absolute Gasteiger partial charge is 0.189 e. The monoisotopic (exact) mass is 283 g/mol. The van der Waals surface area contributed by atoms with Crippen molar-refractivity contribution in [2.75, 3.05) is 14.2 Å². The first-order valence-corrected chi connectivity index (χ1v) is 6.50. The highest BCUT2D eigenvalue weighted by atomic mass is 16.5. The van der Waals surface area contributed by atoms with Crippen LogP contribution >= 0.6 is 0 Å². The molecule has 1 aromatic heterocycles. The predicted octanol–water partition coefficient (Wildman–Crippen LogP) is 3.39. The third-order valence-electron chi connectivity index (χ3n) is 3.16. The van der Waals surface area contributed by atoms with Crippen molar-refractivity contribution < 1.29 is 14.3 Å². The zero-order valence-corrected chi connectivity index (χ0v) is 12.3. The fourth-order valence-corrected chi connectivity index (χ4v) is 1.98. The van der Waals surface area contributed by atoms with Crippen LogP contribution in [-0.2, 0) is 0 Å². The van der Waals surface area contributed by atoms with Crippen molar-refractivity contribution in [1.29, 1.82) is 0 Å². The average Bonchev–Trinajstić information content (AvgIpc) is 2.54. The molecule has 0 unspecified atom stereocenters. The van der Waals surface area contributed by atoms with Crippen LogP contribution in [0.1, 0.15) is 22.8 Å². The Bertz CT molecular complexity index is 663. The molecule has 0 amide bonds. The molecule has 0 aliphatic rings. The second-order valence-corrected chi connectivity index (χ2v) is 4.49. The Morgan fingerprint density at radius 1 is 1.10 bits per heavy atom. The van der Waals surface area contributed by atoms with Crippen molar-refractivity contribution in [2.45, 2.75) is 6.92 Å². The van der Waals surface area contributed by atoms with E-state index in [2.05, 4.69) is 4.98 Å². The fourth-order valence-electron chi connectivity index (χ4n) is 1.98. The maximum Gasteiger partial charge on any atom is 0.189 e. The second-order valence-electron chi connectivity index (χ2n) is 4.49. The van der Waals surface area contributed by atoms with Crippen molar-refractivity contribution >= 4 is 11.4 Å². The average molecular weight is 283 g/mol. The minimum Gasteiger partial charge on any atom is -0.497 e. The Labute approximate surface area is 124 Å². The lowest BCUT2D eigenvalue weighted by atomic mass is 10.0. The Morgan fingerprint density at radius 3 is 2.43 bits per heavy atom. The number of hydrogen-bond donors (Lipinski definition) is 0. The molecule has 0 aliphatic heterocycles. The third kappa shape index (κ3) is 3.48. The number of ether oxygens (including phenoxy) is 2. The second kappa shape index (κ2) is 6.70. The van der Waals surface area contributed by atoms with E-state index in [1.54, 1.807) is 43.8 Å².